The van der Waals surface area contributed by atoms with Crippen molar-refractivity contribution in [1.82, 2.24) is 5.43 Å². The molecule has 1 atom stereocenters. The van der Waals surface area contributed by atoms with Gasteiger partial charge in [-0.1, -0.05) is 27.5 Å². The Hall–Kier alpha value is -2.05. The van der Waals surface area contributed by atoms with E-state index >= 15 is 0 Å². The largest absolute Gasteiger partial charge is 0.496 e. The van der Waals surface area contributed by atoms with Gasteiger partial charge in [0.05, 0.1) is 13.3 Å². The van der Waals surface area contributed by atoms with Crippen LogP contribution in [0.1, 0.15) is 18.1 Å². The number of hydrogen-bond donors (Lipinski definition) is 1. The number of nitrogens with one attached hydrogen (secondary N) is 1. The Bertz CT molecular complexity index is 796. The topological polar surface area (TPSA) is 59.9 Å². The first kappa shape index (κ1) is 19.3. The van der Waals surface area contributed by atoms with Crippen molar-refractivity contribution >= 4 is 39.7 Å². The molecule has 5 nitrogen and oxygen atoms in total. The molecule has 1 amide bonds. The van der Waals surface area contributed by atoms with Crippen molar-refractivity contribution in [1.29, 1.82) is 0 Å². The van der Waals surface area contributed by atoms with Crippen LogP contribution in [0.3, 0.4) is 0 Å². The minimum absolute atomic E-state index is 0.362. The molecule has 0 aliphatic heterocycles. The van der Waals surface area contributed by atoms with Gasteiger partial charge in [-0.15, -0.1) is 0 Å². The van der Waals surface area contributed by atoms with Crippen molar-refractivity contribution in [2.24, 2.45) is 5.10 Å². The van der Waals surface area contributed by atoms with Gasteiger partial charge < -0.3 is 9.47 Å². The highest BCUT2D eigenvalue weighted by Gasteiger charge is 2.15. The molecule has 2 aromatic rings. The zero-order valence-electron chi connectivity index (χ0n) is 14.0. The normalized spacial score (nSPS) is 12.0. The molecule has 0 spiro atoms. The molecule has 0 aromatic heterocycles. The zero-order chi connectivity index (χ0) is 18.4. The second-order valence-electron chi connectivity index (χ2n) is 5.29. The van der Waals surface area contributed by atoms with Crippen LogP contribution in [0.25, 0.3) is 0 Å². The number of hydrogen-bond acceptors (Lipinski definition) is 4. The second kappa shape index (κ2) is 8.87. The van der Waals surface area contributed by atoms with Crippen molar-refractivity contribution in [2.45, 2.75) is 20.0 Å². The molecule has 0 aliphatic rings. The lowest BCUT2D eigenvalue weighted by atomic mass is 10.2. The fourth-order valence-electron chi connectivity index (χ4n) is 2.05. The van der Waals surface area contributed by atoms with Crippen LogP contribution in [0.5, 0.6) is 11.5 Å². The summed E-state index contributed by atoms with van der Waals surface area (Å²) >= 11 is 9.30. The Morgan fingerprint density at radius 1 is 1.28 bits per heavy atom. The number of benzene rings is 2. The first-order valence-electron chi connectivity index (χ1n) is 7.50. The van der Waals surface area contributed by atoms with E-state index in [1.54, 1.807) is 32.2 Å². The maximum absolute atomic E-state index is 12.1. The van der Waals surface area contributed by atoms with Crippen molar-refractivity contribution in [3.63, 3.8) is 0 Å². The summed E-state index contributed by atoms with van der Waals surface area (Å²) in [6, 6.07) is 10.7. The summed E-state index contributed by atoms with van der Waals surface area (Å²) in [4.78, 5) is 12.1. The number of hydrazone groups is 1. The molecule has 0 bridgehead atoms. The van der Waals surface area contributed by atoms with Gasteiger partial charge in [0.2, 0.25) is 0 Å². The minimum atomic E-state index is -0.707. The molecule has 0 saturated carbocycles. The van der Waals surface area contributed by atoms with Gasteiger partial charge in [0.25, 0.3) is 5.91 Å². The number of carbonyl (C=O) groups is 1. The first-order chi connectivity index (χ1) is 11.9. The Balaban J connectivity index is 1.98. The van der Waals surface area contributed by atoms with Gasteiger partial charge in [-0.3, -0.25) is 4.79 Å². The molecule has 132 valence electrons. The number of aryl methyl sites for hydroxylation is 1. The van der Waals surface area contributed by atoms with Crippen LogP contribution in [0.4, 0.5) is 0 Å². The molecule has 2 rings (SSSR count). The molecule has 0 fully saturated rings. The fourth-order valence-corrected chi connectivity index (χ4v) is 2.66. The van der Waals surface area contributed by atoms with E-state index in [4.69, 9.17) is 21.1 Å². The molecule has 25 heavy (non-hydrogen) atoms. The van der Waals surface area contributed by atoms with Gasteiger partial charge in [-0.25, -0.2) is 5.43 Å². The number of carbonyl (C=O) groups excluding carboxylic acids is 1. The van der Waals surface area contributed by atoms with Crippen molar-refractivity contribution in [3.8, 4) is 11.5 Å². The summed E-state index contributed by atoms with van der Waals surface area (Å²) in [5.41, 5.74) is 4.05. The summed E-state index contributed by atoms with van der Waals surface area (Å²) in [7, 11) is 1.57. The van der Waals surface area contributed by atoms with Crippen LogP contribution in [0.2, 0.25) is 5.02 Å². The first-order valence-corrected chi connectivity index (χ1v) is 8.67. The SMILES string of the molecule is COc1ccc(Br)cc1C=NNC(=O)C(C)Oc1ccc(Cl)cc1C. The van der Waals surface area contributed by atoms with E-state index in [0.717, 1.165) is 15.6 Å². The third kappa shape index (κ3) is 5.47. The lowest BCUT2D eigenvalue weighted by molar-refractivity contribution is -0.127. The van der Waals surface area contributed by atoms with Crippen LogP contribution in [-0.2, 0) is 4.79 Å². The van der Waals surface area contributed by atoms with Gasteiger partial charge in [0, 0.05) is 15.1 Å². The molecule has 7 heteroatoms. The van der Waals surface area contributed by atoms with Crippen LogP contribution >= 0.6 is 27.5 Å². The maximum atomic E-state index is 12.1. The number of ether oxygens (including phenoxy) is 2. The van der Waals surface area contributed by atoms with Crippen molar-refractivity contribution in [2.75, 3.05) is 7.11 Å². The average Bonchev–Trinajstić information content (AvgIpc) is 2.57. The standard InChI is InChI=1S/C18H18BrClN2O3/c1-11-8-15(20)5-7-16(11)25-12(2)18(23)22-21-10-13-9-14(19)4-6-17(13)24-3/h4-10,12H,1-3H3,(H,22,23). The molecule has 0 heterocycles. The summed E-state index contributed by atoms with van der Waals surface area (Å²) in [6.45, 7) is 3.52. The van der Waals surface area contributed by atoms with Gasteiger partial charge in [0.1, 0.15) is 11.5 Å². The third-order valence-electron chi connectivity index (χ3n) is 3.38. The van der Waals surface area contributed by atoms with Crippen LogP contribution < -0.4 is 14.9 Å². The molecule has 0 aliphatic carbocycles. The summed E-state index contributed by atoms with van der Waals surface area (Å²) in [5.74, 6) is 0.895. The monoisotopic (exact) mass is 424 g/mol. The number of halogens is 2. The Morgan fingerprint density at radius 2 is 2.00 bits per heavy atom. The predicted octanol–water partition coefficient (Wildman–Crippen LogP) is 4.34. The van der Waals surface area contributed by atoms with E-state index in [2.05, 4.69) is 26.5 Å². The van der Waals surface area contributed by atoms with E-state index in [0.29, 0.717) is 16.5 Å². The number of nitrogens with zero attached hydrogens (tertiary/aromatic N) is 1. The van der Waals surface area contributed by atoms with Crippen LogP contribution in [-0.4, -0.2) is 25.3 Å². The lowest BCUT2D eigenvalue weighted by Crippen LogP contribution is -2.33. The lowest BCUT2D eigenvalue weighted by Gasteiger charge is -2.15. The summed E-state index contributed by atoms with van der Waals surface area (Å²) < 4.78 is 11.8. The van der Waals surface area contributed by atoms with Crippen molar-refractivity contribution < 1.29 is 14.3 Å². The number of rotatable bonds is 6. The summed E-state index contributed by atoms with van der Waals surface area (Å²) in [5, 5.41) is 4.58. The van der Waals surface area contributed by atoms with E-state index in [9.17, 15) is 4.79 Å². The second-order valence-corrected chi connectivity index (χ2v) is 6.64. The maximum Gasteiger partial charge on any atom is 0.280 e. The molecule has 0 radical (unpaired) electrons. The van der Waals surface area contributed by atoms with Gasteiger partial charge in [-0.2, -0.15) is 5.10 Å². The quantitative estimate of drug-likeness (QED) is 0.553. The number of amides is 1. The third-order valence-corrected chi connectivity index (χ3v) is 4.11. The highest BCUT2D eigenvalue weighted by molar-refractivity contribution is 9.10. The Morgan fingerprint density at radius 3 is 2.68 bits per heavy atom. The van der Waals surface area contributed by atoms with Gasteiger partial charge in [-0.05, 0) is 55.8 Å². The molecule has 0 saturated heterocycles. The Labute approximate surface area is 160 Å². The van der Waals surface area contributed by atoms with E-state index in [1.165, 1.54) is 6.21 Å². The minimum Gasteiger partial charge on any atom is -0.496 e. The average molecular weight is 426 g/mol. The molecule has 1 unspecified atom stereocenters. The summed E-state index contributed by atoms with van der Waals surface area (Å²) in [6.07, 6.45) is 0.809. The Kier molecular flexibility index (Phi) is 6.84. The van der Waals surface area contributed by atoms with E-state index in [1.807, 2.05) is 25.1 Å². The van der Waals surface area contributed by atoms with E-state index in [-0.39, 0.29) is 5.91 Å². The molecular weight excluding hydrogens is 408 g/mol. The van der Waals surface area contributed by atoms with E-state index < -0.39 is 6.10 Å². The van der Waals surface area contributed by atoms with Crippen LogP contribution in [0.15, 0.2) is 46.0 Å². The number of methoxy groups -OCH3 is 1. The van der Waals surface area contributed by atoms with Crippen molar-refractivity contribution in [3.05, 3.63) is 57.0 Å². The molecular formula is C18H18BrClN2O3. The van der Waals surface area contributed by atoms with Gasteiger partial charge in [0.15, 0.2) is 6.10 Å². The molecule has 1 N–H and O–H groups in total. The van der Waals surface area contributed by atoms with Crippen LogP contribution in [0, 0.1) is 6.92 Å². The highest BCUT2D eigenvalue weighted by atomic mass is 79.9. The molecule has 2 aromatic carbocycles. The fraction of sp³-hybridized carbons (Fsp3) is 0.222. The highest BCUT2D eigenvalue weighted by Crippen LogP contribution is 2.23. The van der Waals surface area contributed by atoms with Gasteiger partial charge >= 0.3 is 0 Å². The smallest absolute Gasteiger partial charge is 0.280 e. The zero-order valence-corrected chi connectivity index (χ0v) is 16.4. The predicted molar refractivity (Wildman–Crippen MR) is 103 cm³/mol.